The average Bonchev–Trinajstić information content (AvgIpc) is 2.81. The first kappa shape index (κ1) is 30.1. The maximum absolute atomic E-state index is 14.3. The molecule has 2 atom stereocenters. The van der Waals surface area contributed by atoms with Crippen LogP contribution in [-0.4, -0.2) is 63.6 Å². The number of phenolic OH excluding ortho intramolecular Hbond substituents is 1. The number of carbonyl (C=O) groups is 3. The van der Waals surface area contributed by atoms with Crippen LogP contribution in [0.2, 0.25) is 0 Å². The molecule has 1 aromatic carbocycles. The van der Waals surface area contributed by atoms with Gasteiger partial charge in [-0.1, -0.05) is 37.5 Å². The van der Waals surface area contributed by atoms with Crippen molar-refractivity contribution in [3.8, 4) is 5.75 Å². The molecule has 2 fully saturated rings. The number of benzene rings is 1. The second-order valence-corrected chi connectivity index (χ2v) is 12.6. The Morgan fingerprint density at radius 2 is 1.79 bits per heavy atom. The van der Waals surface area contributed by atoms with Crippen molar-refractivity contribution in [2.45, 2.75) is 115 Å². The van der Waals surface area contributed by atoms with E-state index in [1.165, 1.54) is 0 Å². The third-order valence-electron chi connectivity index (χ3n) is 7.36. The fourth-order valence-corrected chi connectivity index (χ4v) is 5.62. The van der Waals surface area contributed by atoms with Gasteiger partial charge in [0.25, 0.3) is 0 Å². The van der Waals surface area contributed by atoms with Crippen molar-refractivity contribution in [3.05, 3.63) is 29.3 Å². The number of nitrogens with one attached hydrogen (secondary N) is 2. The first-order chi connectivity index (χ1) is 18.0. The number of thioether (sulfide) groups is 1. The van der Waals surface area contributed by atoms with E-state index in [0.717, 1.165) is 51.4 Å². The van der Waals surface area contributed by atoms with Crippen molar-refractivity contribution in [1.82, 2.24) is 15.5 Å². The molecule has 0 aromatic heterocycles. The number of hydrogen-bond acceptors (Lipinski definition) is 6. The van der Waals surface area contributed by atoms with Crippen molar-refractivity contribution in [1.29, 1.82) is 0 Å². The van der Waals surface area contributed by atoms with Crippen LogP contribution >= 0.6 is 11.8 Å². The summed E-state index contributed by atoms with van der Waals surface area (Å²) in [5, 5.41) is 17.0. The third-order valence-corrected chi connectivity index (χ3v) is 8.01. The van der Waals surface area contributed by atoms with Gasteiger partial charge in [0.15, 0.2) is 0 Å². The van der Waals surface area contributed by atoms with Crippen LogP contribution in [0.15, 0.2) is 18.2 Å². The predicted molar refractivity (Wildman–Crippen MR) is 151 cm³/mol. The van der Waals surface area contributed by atoms with Crippen LogP contribution in [0.1, 0.15) is 95.7 Å². The van der Waals surface area contributed by atoms with Gasteiger partial charge in [0, 0.05) is 17.6 Å². The van der Waals surface area contributed by atoms with E-state index in [1.54, 1.807) is 62.6 Å². The Bertz CT molecular complexity index is 969. The van der Waals surface area contributed by atoms with Gasteiger partial charge in [0.05, 0.1) is 0 Å². The highest BCUT2D eigenvalue weighted by atomic mass is 32.2. The Morgan fingerprint density at radius 3 is 2.37 bits per heavy atom. The quantitative estimate of drug-likeness (QED) is 0.371. The second-order valence-electron chi connectivity index (χ2n) is 11.6. The number of aryl methyl sites for hydroxylation is 1. The van der Waals surface area contributed by atoms with Gasteiger partial charge in [-0.3, -0.25) is 9.59 Å². The summed E-state index contributed by atoms with van der Waals surface area (Å²) >= 11 is 1.58. The van der Waals surface area contributed by atoms with Gasteiger partial charge in [-0.2, -0.15) is 11.8 Å². The molecule has 3 N–H and O–H groups in total. The first-order valence-electron chi connectivity index (χ1n) is 13.9. The molecule has 0 bridgehead atoms. The van der Waals surface area contributed by atoms with E-state index in [2.05, 4.69) is 10.6 Å². The number of aromatic hydroxyl groups is 1. The highest BCUT2D eigenvalue weighted by molar-refractivity contribution is 7.98. The van der Waals surface area contributed by atoms with Gasteiger partial charge in [0.2, 0.25) is 11.8 Å². The highest BCUT2D eigenvalue weighted by Gasteiger charge is 2.43. The Labute approximate surface area is 231 Å². The molecule has 0 spiro atoms. The fraction of sp³-hybridized carbons (Fsp3) is 0.690. The Balaban J connectivity index is 1.99. The first-order valence-corrected chi connectivity index (χ1v) is 15.3. The maximum Gasteiger partial charge on any atom is 0.408 e. The number of phenols is 1. The molecule has 8 nitrogen and oxygen atoms in total. The minimum Gasteiger partial charge on any atom is -0.507 e. The van der Waals surface area contributed by atoms with E-state index in [9.17, 15) is 19.5 Å². The summed E-state index contributed by atoms with van der Waals surface area (Å²) in [4.78, 5) is 42.6. The lowest BCUT2D eigenvalue weighted by atomic mass is 9.87. The van der Waals surface area contributed by atoms with Crippen LogP contribution < -0.4 is 10.6 Å². The van der Waals surface area contributed by atoms with E-state index >= 15 is 0 Å². The molecule has 2 saturated carbocycles. The van der Waals surface area contributed by atoms with Gasteiger partial charge < -0.3 is 25.4 Å². The molecule has 1 aromatic rings. The van der Waals surface area contributed by atoms with E-state index in [0.29, 0.717) is 23.3 Å². The van der Waals surface area contributed by atoms with Crippen LogP contribution in [0.3, 0.4) is 0 Å². The van der Waals surface area contributed by atoms with Gasteiger partial charge in [0.1, 0.15) is 23.4 Å². The molecule has 2 unspecified atom stereocenters. The zero-order valence-corrected chi connectivity index (χ0v) is 24.4. The topological polar surface area (TPSA) is 108 Å². The monoisotopic (exact) mass is 547 g/mol. The number of hydrogen-bond donors (Lipinski definition) is 3. The number of para-hydroxylation sites is 1. The minimum absolute atomic E-state index is 0.0224. The van der Waals surface area contributed by atoms with Crippen LogP contribution in [0, 0.1) is 6.92 Å². The van der Waals surface area contributed by atoms with Gasteiger partial charge >= 0.3 is 6.09 Å². The number of amides is 3. The number of alkyl carbamates (subject to hydrolysis) is 1. The van der Waals surface area contributed by atoms with Gasteiger partial charge in [-0.25, -0.2) is 4.79 Å². The van der Waals surface area contributed by atoms with Crippen LogP contribution in [0.5, 0.6) is 5.75 Å². The lowest BCUT2D eigenvalue weighted by Gasteiger charge is -2.44. The molecule has 0 radical (unpaired) electrons. The average molecular weight is 548 g/mol. The molecule has 9 heteroatoms. The van der Waals surface area contributed by atoms with E-state index in [-0.39, 0.29) is 29.6 Å². The van der Waals surface area contributed by atoms with Crippen molar-refractivity contribution >= 4 is 29.7 Å². The molecule has 212 valence electrons. The summed E-state index contributed by atoms with van der Waals surface area (Å²) in [6.45, 7) is 7.12. The molecule has 2 aliphatic carbocycles. The Morgan fingerprint density at radius 1 is 1.11 bits per heavy atom. The summed E-state index contributed by atoms with van der Waals surface area (Å²) in [6.07, 6.45) is 9.30. The molecule has 2 aliphatic rings. The molecular formula is C29H45N3O5S. The Hall–Kier alpha value is -2.42. The smallest absolute Gasteiger partial charge is 0.408 e. The molecule has 38 heavy (non-hydrogen) atoms. The number of carbonyl (C=O) groups excluding carboxylic acids is 3. The zero-order chi connectivity index (χ0) is 27.9. The number of nitrogens with zero attached hydrogens (tertiary/aromatic N) is 1. The highest BCUT2D eigenvalue weighted by Crippen LogP contribution is 2.38. The SMILES string of the molecule is CSCCC(NC(=O)OC(C)(C)C)C(=O)N(C1CCC1)C(C(=O)NC1CCCCC1)c1cccc(C)c1O. The normalized spacial score (nSPS) is 18.1. The summed E-state index contributed by atoms with van der Waals surface area (Å²) in [7, 11) is 0. The molecular weight excluding hydrogens is 502 g/mol. The predicted octanol–water partition coefficient (Wildman–Crippen LogP) is 5.22. The lowest BCUT2D eigenvalue weighted by Crippen LogP contribution is -2.58. The van der Waals surface area contributed by atoms with Crippen molar-refractivity contribution in [2.24, 2.45) is 0 Å². The third kappa shape index (κ3) is 8.04. The van der Waals surface area contributed by atoms with E-state index in [4.69, 9.17) is 4.74 Å². The summed E-state index contributed by atoms with van der Waals surface area (Å²) in [5.74, 6) is 0.0757. The molecule has 3 amide bonds. The fourth-order valence-electron chi connectivity index (χ4n) is 5.15. The van der Waals surface area contributed by atoms with E-state index in [1.807, 2.05) is 6.26 Å². The summed E-state index contributed by atoms with van der Waals surface area (Å²) < 4.78 is 5.46. The maximum atomic E-state index is 14.3. The number of rotatable bonds is 10. The Kier molecular flexibility index (Phi) is 10.8. The van der Waals surface area contributed by atoms with Gasteiger partial charge in [-0.15, -0.1) is 0 Å². The second kappa shape index (κ2) is 13.6. The minimum atomic E-state index is -0.994. The lowest BCUT2D eigenvalue weighted by molar-refractivity contribution is -0.147. The zero-order valence-electron chi connectivity index (χ0n) is 23.5. The molecule has 0 aliphatic heterocycles. The van der Waals surface area contributed by atoms with Gasteiger partial charge in [-0.05, 0) is 83.8 Å². The molecule has 0 saturated heterocycles. The van der Waals surface area contributed by atoms with Crippen molar-refractivity contribution in [2.75, 3.05) is 12.0 Å². The number of ether oxygens (including phenoxy) is 1. The molecule has 3 rings (SSSR count). The van der Waals surface area contributed by atoms with Crippen LogP contribution in [-0.2, 0) is 14.3 Å². The summed E-state index contributed by atoms with van der Waals surface area (Å²) in [6, 6.07) is 3.37. The summed E-state index contributed by atoms with van der Waals surface area (Å²) in [5.41, 5.74) is 0.352. The standard InChI is InChI=1S/C29H45N3O5S/c1-19-11-9-16-22(25(19)33)24(26(34)30-20-12-7-6-8-13-20)32(21-14-10-15-21)27(35)23(17-18-38-5)31-28(36)37-29(2,3)4/h9,11,16,20-21,23-24,33H,6-8,10,12-15,17-18H2,1-5H3,(H,30,34)(H,31,36). The molecule has 0 heterocycles. The van der Waals surface area contributed by atoms with E-state index < -0.39 is 23.8 Å². The van der Waals surface area contributed by atoms with Crippen LogP contribution in [0.4, 0.5) is 4.79 Å². The van der Waals surface area contributed by atoms with Crippen molar-refractivity contribution < 1.29 is 24.2 Å². The van der Waals surface area contributed by atoms with Crippen LogP contribution in [0.25, 0.3) is 0 Å². The largest absolute Gasteiger partial charge is 0.507 e. The van der Waals surface area contributed by atoms with Crippen molar-refractivity contribution in [3.63, 3.8) is 0 Å².